The zero-order valence-electron chi connectivity index (χ0n) is 11.3. The lowest BCUT2D eigenvalue weighted by Crippen LogP contribution is -2.33. The van der Waals surface area contributed by atoms with E-state index < -0.39 is 15.8 Å². The van der Waals surface area contributed by atoms with E-state index in [-0.39, 0.29) is 29.1 Å². The summed E-state index contributed by atoms with van der Waals surface area (Å²) in [5, 5.41) is 0. The van der Waals surface area contributed by atoms with E-state index in [9.17, 15) is 12.8 Å². The van der Waals surface area contributed by atoms with E-state index in [2.05, 4.69) is 4.72 Å². The molecule has 2 rings (SSSR count). The van der Waals surface area contributed by atoms with Crippen molar-refractivity contribution in [3.8, 4) is 0 Å². The lowest BCUT2D eigenvalue weighted by atomic mass is 10.0. The number of halogens is 1. The first-order chi connectivity index (χ1) is 9.44. The largest absolute Gasteiger partial charge is 0.398 e. The van der Waals surface area contributed by atoms with Crippen LogP contribution in [0.1, 0.15) is 19.8 Å². The molecule has 1 heterocycles. The van der Waals surface area contributed by atoms with Gasteiger partial charge in [0.05, 0.1) is 11.8 Å². The number of sulfonamides is 1. The number of hydrogen-bond donors (Lipinski definition) is 2. The normalized spacial score (nSPS) is 23.1. The lowest BCUT2D eigenvalue weighted by Gasteiger charge is -2.17. The minimum Gasteiger partial charge on any atom is -0.398 e. The van der Waals surface area contributed by atoms with Crippen LogP contribution in [-0.4, -0.2) is 27.7 Å². The van der Waals surface area contributed by atoms with E-state index in [1.54, 1.807) is 0 Å². The van der Waals surface area contributed by atoms with Crippen LogP contribution in [0.25, 0.3) is 0 Å². The summed E-state index contributed by atoms with van der Waals surface area (Å²) in [7, 11) is -3.80. The molecular formula is C13H19FN2O3S. The summed E-state index contributed by atoms with van der Waals surface area (Å²) in [4.78, 5) is -0.218. The fourth-order valence-electron chi connectivity index (χ4n) is 2.41. The highest BCUT2D eigenvalue weighted by molar-refractivity contribution is 7.89. The van der Waals surface area contributed by atoms with Crippen LogP contribution in [0.4, 0.5) is 10.1 Å². The van der Waals surface area contributed by atoms with Crippen molar-refractivity contribution in [3.63, 3.8) is 0 Å². The Labute approximate surface area is 118 Å². The van der Waals surface area contributed by atoms with Crippen molar-refractivity contribution >= 4 is 15.7 Å². The van der Waals surface area contributed by atoms with Gasteiger partial charge >= 0.3 is 0 Å². The first-order valence-electron chi connectivity index (χ1n) is 6.60. The van der Waals surface area contributed by atoms with Gasteiger partial charge in [-0.1, -0.05) is 6.92 Å². The molecule has 0 bridgehead atoms. The third-order valence-electron chi connectivity index (χ3n) is 3.55. The monoisotopic (exact) mass is 302 g/mol. The van der Waals surface area contributed by atoms with Crippen molar-refractivity contribution in [2.45, 2.75) is 30.8 Å². The zero-order chi connectivity index (χ0) is 14.8. The Morgan fingerprint density at radius 3 is 2.95 bits per heavy atom. The molecule has 5 nitrogen and oxygen atoms in total. The van der Waals surface area contributed by atoms with Crippen LogP contribution < -0.4 is 10.5 Å². The van der Waals surface area contributed by atoms with Gasteiger partial charge in [-0.25, -0.2) is 17.5 Å². The highest BCUT2D eigenvalue weighted by Gasteiger charge is 2.28. The Balaban J connectivity index is 2.09. The molecule has 1 saturated heterocycles. The van der Waals surface area contributed by atoms with Gasteiger partial charge in [-0.3, -0.25) is 0 Å². The Morgan fingerprint density at radius 1 is 1.50 bits per heavy atom. The van der Waals surface area contributed by atoms with Crippen molar-refractivity contribution in [1.82, 2.24) is 4.72 Å². The van der Waals surface area contributed by atoms with E-state index in [1.165, 1.54) is 6.07 Å². The van der Waals surface area contributed by atoms with Crippen LogP contribution in [0.2, 0.25) is 0 Å². The Bertz CT molecular complexity index is 577. The average Bonchev–Trinajstić information content (AvgIpc) is 2.86. The second-order valence-electron chi connectivity index (χ2n) is 4.90. The quantitative estimate of drug-likeness (QED) is 0.808. The number of benzene rings is 1. The predicted molar refractivity (Wildman–Crippen MR) is 74.1 cm³/mol. The molecule has 3 N–H and O–H groups in total. The first kappa shape index (κ1) is 15.2. The maximum Gasteiger partial charge on any atom is 0.242 e. The molecule has 7 heteroatoms. The summed E-state index contributed by atoms with van der Waals surface area (Å²) in [5.41, 5.74) is 5.64. The number of rotatable bonds is 5. The van der Waals surface area contributed by atoms with Crippen molar-refractivity contribution < 1.29 is 17.5 Å². The molecule has 0 spiro atoms. The second-order valence-corrected chi connectivity index (χ2v) is 6.64. The lowest BCUT2D eigenvalue weighted by molar-refractivity contribution is 0.0884. The number of hydrogen-bond acceptors (Lipinski definition) is 4. The van der Waals surface area contributed by atoms with Gasteiger partial charge in [0.1, 0.15) is 10.7 Å². The van der Waals surface area contributed by atoms with Crippen LogP contribution in [0, 0.1) is 11.7 Å². The molecule has 1 aliphatic rings. The first-order valence-corrected chi connectivity index (χ1v) is 8.08. The smallest absolute Gasteiger partial charge is 0.242 e. The fraction of sp³-hybridized carbons (Fsp3) is 0.538. The van der Waals surface area contributed by atoms with Crippen molar-refractivity contribution in [3.05, 3.63) is 24.0 Å². The minimum atomic E-state index is -3.80. The second kappa shape index (κ2) is 6.07. The van der Waals surface area contributed by atoms with E-state index >= 15 is 0 Å². The van der Waals surface area contributed by atoms with Crippen LogP contribution in [0.5, 0.6) is 0 Å². The third-order valence-corrected chi connectivity index (χ3v) is 5.03. The molecule has 1 aromatic carbocycles. The molecule has 0 aromatic heterocycles. The van der Waals surface area contributed by atoms with Crippen molar-refractivity contribution in [2.24, 2.45) is 5.92 Å². The van der Waals surface area contributed by atoms with Gasteiger partial charge in [-0.2, -0.15) is 0 Å². The standard InChI is InChI=1S/C13H19FN2O3S/c1-2-12-9(5-6-19-12)8-16-20(17,18)13-7-10(14)3-4-11(13)15/h3-4,7,9,12,16H,2,5-6,8,15H2,1H3. The molecule has 0 aliphatic carbocycles. The average molecular weight is 302 g/mol. The van der Waals surface area contributed by atoms with Gasteiger partial charge < -0.3 is 10.5 Å². The molecule has 1 aromatic rings. The van der Waals surface area contributed by atoms with Gasteiger partial charge in [-0.15, -0.1) is 0 Å². The number of anilines is 1. The number of nitrogens with one attached hydrogen (secondary N) is 1. The summed E-state index contributed by atoms with van der Waals surface area (Å²) in [6, 6.07) is 3.31. The Morgan fingerprint density at radius 2 is 2.25 bits per heavy atom. The highest BCUT2D eigenvalue weighted by Crippen LogP contribution is 2.24. The molecule has 0 radical (unpaired) electrons. The number of nitrogens with two attached hydrogens (primary N) is 1. The van der Waals surface area contributed by atoms with Gasteiger partial charge in [0, 0.05) is 19.1 Å². The molecule has 112 valence electrons. The summed E-state index contributed by atoms with van der Waals surface area (Å²) in [5.74, 6) is -0.486. The molecule has 20 heavy (non-hydrogen) atoms. The maximum atomic E-state index is 13.2. The molecule has 0 amide bonds. The topological polar surface area (TPSA) is 81.4 Å². The molecule has 2 atom stereocenters. The molecule has 1 fully saturated rings. The predicted octanol–water partition coefficient (Wildman–Crippen LogP) is 1.50. The van der Waals surface area contributed by atoms with Crippen LogP contribution >= 0.6 is 0 Å². The number of ether oxygens (including phenoxy) is 1. The van der Waals surface area contributed by atoms with Gasteiger partial charge in [0.2, 0.25) is 10.0 Å². The van der Waals surface area contributed by atoms with Crippen molar-refractivity contribution in [1.29, 1.82) is 0 Å². The van der Waals surface area contributed by atoms with Crippen molar-refractivity contribution in [2.75, 3.05) is 18.9 Å². The molecule has 2 unspecified atom stereocenters. The third kappa shape index (κ3) is 3.28. The Hall–Kier alpha value is -1.18. The van der Waals surface area contributed by atoms with Gasteiger partial charge in [-0.05, 0) is 31.0 Å². The zero-order valence-corrected chi connectivity index (χ0v) is 12.1. The Kier molecular flexibility index (Phi) is 4.62. The maximum absolute atomic E-state index is 13.2. The molecule has 0 saturated carbocycles. The van der Waals surface area contributed by atoms with E-state index in [4.69, 9.17) is 10.5 Å². The molecular weight excluding hydrogens is 283 g/mol. The highest BCUT2D eigenvalue weighted by atomic mass is 32.2. The summed E-state index contributed by atoms with van der Waals surface area (Å²) < 4.78 is 45.5. The van der Waals surface area contributed by atoms with Gasteiger partial charge in [0.15, 0.2) is 0 Å². The van der Waals surface area contributed by atoms with Crippen LogP contribution in [-0.2, 0) is 14.8 Å². The van der Waals surface area contributed by atoms with E-state index in [1.807, 2.05) is 6.92 Å². The fourth-order valence-corrected chi connectivity index (χ4v) is 3.65. The minimum absolute atomic E-state index is 0.0358. The SMILES string of the molecule is CCC1OCCC1CNS(=O)(=O)c1cc(F)ccc1N. The number of nitrogen functional groups attached to an aromatic ring is 1. The molecule has 1 aliphatic heterocycles. The van der Waals surface area contributed by atoms with Gasteiger partial charge in [0.25, 0.3) is 0 Å². The summed E-state index contributed by atoms with van der Waals surface area (Å²) >= 11 is 0. The summed E-state index contributed by atoms with van der Waals surface area (Å²) in [6.07, 6.45) is 1.73. The van der Waals surface area contributed by atoms with Crippen LogP contribution in [0.15, 0.2) is 23.1 Å². The van der Waals surface area contributed by atoms with E-state index in [0.29, 0.717) is 6.61 Å². The van der Waals surface area contributed by atoms with Crippen LogP contribution in [0.3, 0.4) is 0 Å². The van der Waals surface area contributed by atoms with E-state index in [0.717, 1.165) is 25.0 Å². The summed E-state index contributed by atoms with van der Waals surface area (Å²) in [6.45, 7) is 2.92.